The van der Waals surface area contributed by atoms with Gasteiger partial charge in [0, 0.05) is 37.4 Å². The summed E-state index contributed by atoms with van der Waals surface area (Å²) < 4.78 is 45.0. The number of carbonyl (C=O) groups excluding carboxylic acids is 1. The Balaban J connectivity index is 2.25. The van der Waals surface area contributed by atoms with E-state index in [0.29, 0.717) is 22.8 Å². The van der Waals surface area contributed by atoms with E-state index < -0.39 is 17.8 Å². The number of aromatic nitrogens is 3. The van der Waals surface area contributed by atoms with E-state index in [1.807, 2.05) is 20.8 Å². The van der Waals surface area contributed by atoms with Gasteiger partial charge in [-0.2, -0.15) is 13.2 Å². The Morgan fingerprint density at radius 2 is 1.78 bits per heavy atom. The van der Waals surface area contributed by atoms with E-state index in [1.54, 1.807) is 42.9 Å². The van der Waals surface area contributed by atoms with Gasteiger partial charge in [-0.1, -0.05) is 44.5 Å². The van der Waals surface area contributed by atoms with Crippen LogP contribution in [0.15, 0.2) is 42.9 Å². The van der Waals surface area contributed by atoms with Crippen LogP contribution in [0.2, 0.25) is 5.02 Å². The summed E-state index contributed by atoms with van der Waals surface area (Å²) in [5.41, 5.74) is 0.0973. The van der Waals surface area contributed by atoms with E-state index in [0.717, 1.165) is 10.6 Å². The van der Waals surface area contributed by atoms with E-state index in [1.165, 1.54) is 17.4 Å². The number of nitrogens with zero attached hydrogens (tertiary/aromatic N) is 4. The van der Waals surface area contributed by atoms with Gasteiger partial charge in [-0.05, 0) is 29.2 Å². The van der Waals surface area contributed by atoms with Gasteiger partial charge in [0.25, 0.3) is 5.91 Å². The second kappa shape index (κ2) is 8.65. The fourth-order valence-electron chi connectivity index (χ4n) is 3.69. The van der Waals surface area contributed by atoms with Crippen molar-refractivity contribution in [3.05, 3.63) is 65.0 Å². The molecule has 32 heavy (non-hydrogen) atoms. The van der Waals surface area contributed by atoms with Crippen molar-refractivity contribution in [3.8, 4) is 11.1 Å². The Morgan fingerprint density at radius 1 is 1.16 bits per heavy atom. The predicted octanol–water partition coefficient (Wildman–Crippen LogP) is 5.73. The lowest BCUT2D eigenvalue weighted by molar-refractivity contribution is -0.143. The Bertz CT molecular complexity index is 1110. The Hall–Kier alpha value is -2.74. The fourth-order valence-corrected chi connectivity index (χ4v) is 3.82. The van der Waals surface area contributed by atoms with E-state index in [2.05, 4.69) is 4.98 Å². The van der Waals surface area contributed by atoms with Crippen molar-refractivity contribution in [2.45, 2.75) is 33.5 Å². The molecule has 3 aromatic rings. The normalized spacial score (nSPS) is 12.3. The molecule has 0 aliphatic carbocycles. The molecule has 0 aliphatic rings. The quantitative estimate of drug-likeness (QED) is 0.482. The van der Waals surface area contributed by atoms with Crippen molar-refractivity contribution in [2.75, 3.05) is 13.6 Å². The van der Waals surface area contributed by atoms with Crippen molar-refractivity contribution in [3.63, 3.8) is 0 Å². The average Bonchev–Trinajstić information content (AvgIpc) is 3.24. The highest BCUT2D eigenvalue weighted by Crippen LogP contribution is 2.38. The van der Waals surface area contributed by atoms with Crippen LogP contribution in [0.25, 0.3) is 11.1 Å². The van der Waals surface area contributed by atoms with Gasteiger partial charge in [-0.25, -0.2) is 4.98 Å². The summed E-state index contributed by atoms with van der Waals surface area (Å²) in [5.74, 6) is -0.484. The largest absolute Gasteiger partial charge is 0.431 e. The van der Waals surface area contributed by atoms with Crippen LogP contribution in [0.1, 0.15) is 42.6 Å². The van der Waals surface area contributed by atoms with Crippen molar-refractivity contribution in [1.29, 1.82) is 0 Å². The third-order valence-corrected chi connectivity index (χ3v) is 5.29. The third-order valence-electron chi connectivity index (χ3n) is 5.04. The van der Waals surface area contributed by atoms with Crippen molar-refractivity contribution >= 4 is 17.5 Å². The molecule has 0 radical (unpaired) electrons. The van der Waals surface area contributed by atoms with Crippen LogP contribution in [0.5, 0.6) is 0 Å². The molecule has 5 nitrogen and oxygen atoms in total. The van der Waals surface area contributed by atoms with Crippen LogP contribution in [-0.2, 0) is 19.8 Å². The fraction of sp³-hybridized carbons (Fsp3) is 0.391. The van der Waals surface area contributed by atoms with Gasteiger partial charge in [0.1, 0.15) is 11.4 Å². The molecule has 1 aromatic carbocycles. The van der Waals surface area contributed by atoms with Gasteiger partial charge in [0.05, 0.1) is 18.6 Å². The maximum atomic E-state index is 14.1. The lowest BCUT2D eigenvalue weighted by Gasteiger charge is -2.27. The van der Waals surface area contributed by atoms with Gasteiger partial charge in [0.2, 0.25) is 0 Å². The standard InChI is InChI=1S/C23H26ClF3N4O/c1-22(2,3)13-29(4)21(32)20-18(15-6-8-16(24)9-7-15)10-19(23(25,26)27)31(20)12-17-11-28-14-30(17)5/h6-11,14H,12-13H2,1-5H3. The van der Waals surface area contributed by atoms with Gasteiger partial charge in [0.15, 0.2) is 0 Å². The van der Waals surface area contributed by atoms with Crippen LogP contribution >= 0.6 is 11.6 Å². The van der Waals surface area contributed by atoms with Gasteiger partial charge < -0.3 is 14.0 Å². The highest BCUT2D eigenvalue weighted by molar-refractivity contribution is 6.30. The minimum absolute atomic E-state index is 0.0207. The summed E-state index contributed by atoms with van der Waals surface area (Å²) in [5, 5.41) is 0.455. The molecule has 0 N–H and O–H groups in total. The maximum Gasteiger partial charge on any atom is 0.431 e. The number of imidazole rings is 1. The smallest absolute Gasteiger partial charge is 0.340 e. The summed E-state index contributed by atoms with van der Waals surface area (Å²) >= 11 is 5.98. The molecule has 2 aromatic heterocycles. The predicted molar refractivity (Wildman–Crippen MR) is 119 cm³/mol. The van der Waals surface area contributed by atoms with Crippen LogP contribution in [0, 0.1) is 5.41 Å². The third kappa shape index (κ3) is 5.18. The SMILES string of the molecule is CN(CC(C)(C)C)C(=O)c1c(-c2ccc(Cl)cc2)cc(C(F)(F)F)n1Cc1cncn1C. The van der Waals surface area contributed by atoms with Gasteiger partial charge >= 0.3 is 6.18 Å². The first-order valence-electron chi connectivity index (χ1n) is 10.1. The number of halogens is 4. The zero-order chi connectivity index (χ0) is 23.8. The second-order valence-corrected chi connectivity index (χ2v) is 9.54. The molecular formula is C23H26ClF3N4O. The average molecular weight is 467 g/mol. The molecule has 0 saturated heterocycles. The number of aryl methyl sites for hydroxylation is 1. The van der Waals surface area contributed by atoms with Gasteiger partial charge in [-0.3, -0.25) is 4.79 Å². The van der Waals surface area contributed by atoms with Crippen molar-refractivity contribution < 1.29 is 18.0 Å². The summed E-state index contributed by atoms with van der Waals surface area (Å²) in [6, 6.07) is 7.46. The van der Waals surface area contributed by atoms with E-state index in [9.17, 15) is 18.0 Å². The number of amides is 1. The molecule has 0 unspecified atom stereocenters. The Kier molecular flexibility index (Phi) is 6.47. The molecule has 3 rings (SSSR count). The number of alkyl halides is 3. The molecule has 172 valence electrons. The lowest BCUT2D eigenvalue weighted by atomic mass is 9.96. The summed E-state index contributed by atoms with van der Waals surface area (Å²) in [6.07, 6.45) is -1.64. The monoisotopic (exact) mass is 466 g/mol. The first-order valence-corrected chi connectivity index (χ1v) is 10.4. The minimum atomic E-state index is -4.65. The van der Waals surface area contributed by atoms with Crippen LogP contribution in [0.4, 0.5) is 13.2 Å². The molecule has 0 bridgehead atoms. The molecular weight excluding hydrogens is 441 g/mol. The molecule has 0 fully saturated rings. The minimum Gasteiger partial charge on any atom is -0.340 e. The van der Waals surface area contributed by atoms with Gasteiger partial charge in [-0.15, -0.1) is 0 Å². The van der Waals surface area contributed by atoms with Crippen LogP contribution in [-0.4, -0.2) is 38.5 Å². The highest BCUT2D eigenvalue weighted by Gasteiger charge is 2.39. The van der Waals surface area contributed by atoms with E-state index >= 15 is 0 Å². The number of rotatable bonds is 5. The first kappa shape index (κ1) is 23.9. The van der Waals surface area contributed by atoms with Crippen molar-refractivity contribution in [2.24, 2.45) is 12.5 Å². The molecule has 2 heterocycles. The van der Waals surface area contributed by atoms with E-state index in [-0.39, 0.29) is 23.2 Å². The Labute approximate surface area is 190 Å². The lowest BCUT2D eigenvalue weighted by Crippen LogP contribution is -2.36. The zero-order valence-corrected chi connectivity index (χ0v) is 19.4. The molecule has 0 saturated carbocycles. The molecule has 0 spiro atoms. The summed E-state index contributed by atoms with van der Waals surface area (Å²) in [4.78, 5) is 19.0. The number of hydrogen-bond acceptors (Lipinski definition) is 2. The van der Waals surface area contributed by atoms with Crippen LogP contribution < -0.4 is 0 Å². The number of hydrogen-bond donors (Lipinski definition) is 0. The number of benzene rings is 1. The molecule has 0 aliphatic heterocycles. The van der Waals surface area contributed by atoms with Crippen molar-refractivity contribution in [1.82, 2.24) is 19.0 Å². The Morgan fingerprint density at radius 3 is 2.28 bits per heavy atom. The summed E-state index contributed by atoms with van der Waals surface area (Å²) in [6.45, 7) is 6.12. The van der Waals surface area contributed by atoms with E-state index in [4.69, 9.17) is 11.6 Å². The van der Waals surface area contributed by atoms with Crippen LogP contribution in [0.3, 0.4) is 0 Å². The number of carbonyl (C=O) groups is 1. The second-order valence-electron chi connectivity index (χ2n) is 9.10. The maximum absolute atomic E-state index is 14.1. The summed E-state index contributed by atoms with van der Waals surface area (Å²) in [7, 11) is 3.31. The highest BCUT2D eigenvalue weighted by atomic mass is 35.5. The zero-order valence-electron chi connectivity index (χ0n) is 18.7. The topological polar surface area (TPSA) is 43.1 Å². The first-order chi connectivity index (χ1) is 14.8. The molecule has 0 atom stereocenters. The molecule has 9 heteroatoms. The molecule has 1 amide bonds.